The van der Waals surface area contributed by atoms with Gasteiger partial charge in [-0.05, 0) is 6.07 Å². The number of hydrogen-bond acceptors (Lipinski definition) is 2. The van der Waals surface area contributed by atoms with Crippen molar-refractivity contribution in [3.63, 3.8) is 0 Å². The Balaban J connectivity index is 1.94. The topological polar surface area (TPSA) is 39.8 Å². The van der Waals surface area contributed by atoms with Crippen LogP contribution in [-0.2, 0) is 13.1 Å². The lowest BCUT2D eigenvalue weighted by atomic mass is 10.2. The van der Waals surface area contributed by atoms with Crippen LogP contribution in [0.25, 0.3) is 10.9 Å². The van der Waals surface area contributed by atoms with Crippen molar-refractivity contribution in [3.8, 4) is 0 Å². The van der Waals surface area contributed by atoms with E-state index < -0.39 is 0 Å². The molecule has 0 aliphatic carbocycles. The van der Waals surface area contributed by atoms with Crippen molar-refractivity contribution in [3.05, 3.63) is 54.7 Å². The molecule has 90 valence electrons. The van der Waals surface area contributed by atoms with E-state index in [1.807, 2.05) is 41.2 Å². The largest absolute Gasteiger partial charge is 0.345 e. The third kappa shape index (κ3) is 1.82. The van der Waals surface area contributed by atoms with E-state index in [2.05, 4.69) is 9.55 Å². The summed E-state index contributed by atoms with van der Waals surface area (Å²) in [5.74, 6) is 0. The molecule has 0 amide bonds. The fourth-order valence-corrected chi connectivity index (χ4v) is 2.20. The first kappa shape index (κ1) is 10.8. The van der Waals surface area contributed by atoms with Gasteiger partial charge in [0.05, 0.1) is 6.33 Å². The second-order valence-electron chi connectivity index (χ2n) is 4.21. The van der Waals surface area contributed by atoms with Gasteiger partial charge in [-0.1, -0.05) is 18.2 Å². The molecule has 0 unspecified atom stereocenters. The molecule has 18 heavy (non-hydrogen) atoms. The van der Waals surface area contributed by atoms with Crippen LogP contribution >= 0.6 is 0 Å². The van der Waals surface area contributed by atoms with Gasteiger partial charge in [0.2, 0.25) is 0 Å². The molecule has 3 rings (SSSR count). The van der Waals surface area contributed by atoms with Crippen molar-refractivity contribution >= 4 is 17.2 Å². The van der Waals surface area contributed by atoms with E-state index in [0.29, 0.717) is 0 Å². The van der Waals surface area contributed by atoms with Gasteiger partial charge in [-0.2, -0.15) is 0 Å². The summed E-state index contributed by atoms with van der Waals surface area (Å²) >= 11 is 0. The Bertz CT molecular complexity index is 667. The summed E-state index contributed by atoms with van der Waals surface area (Å²) in [6.07, 6.45) is 8.33. The van der Waals surface area contributed by atoms with Crippen LogP contribution in [0.1, 0.15) is 10.4 Å². The smallest absolute Gasteiger partial charge is 0.152 e. The molecule has 0 bridgehead atoms. The molecule has 2 heterocycles. The van der Waals surface area contributed by atoms with Crippen LogP contribution in [0.4, 0.5) is 0 Å². The van der Waals surface area contributed by atoms with Gasteiger partial charge in [-0.15, -0.1) is 0 Å². The number of nitrogens with zero attached hydrogens (tertiary/aromatic N) is 3. The van der Waals surface area contributed by atoms with Gasteiger partial charge in [0.25, 0.3) is 0 Å². The zero-order valence-corrected chi connectivity index (χ0v) is 9.86. The highest BCUT2D eigenvalue weighted by Gasteiger charge is 2.06. The SMILES string of the molecule is O=Cc1cn(CCn2ccnc2)c2ccccc12. The van der Waals surface area contributed by atoms with Crippen molar-refractivity contribution < 1.29 is 4.79 Å². The minimum Gasteiger partial charge on any atom is -0.345 e. The lowest BCUT2D eigenvalue weighted by molar-refractivity contribution is 0.112. The summed E-state index contributed by atoms with van der Waals surface area (Å²) < 4.78 is 4.13. The van der Waals surface area contributed by atoms with E-state index in [9.17, 15) is 4.79 Å². The molecule has 4 nitrogen and oxygen atoms in total. The molecule has 0 radical (unpaired) electrons. The molecule has 3 aromatic rings. The Hall–Kier alpha value is -2.36. The quantitative estimate of drug-likeness (QED) is 0.656. The van der Waals surface area contributed by atoms with Crippen LogP contribution in [0.5, 0.6) is 0 Å². The van der Waals surface area contributed by atoms with Crippen LogP contribution < -0.4 is 0 Å². The average molecular weight is 239 g/mol. The fraction of sp³-hybridized carbons (Fsp3) is 0.143. The third-order valence-electron chi connectivity index (χ3n) is 3.10. The van der Waals surface area contributed by atoms with Crippen LogP contribution in [0.3, 0.4) is 0 Å². The van der Waals surface area contributed by atoms with E-state index in [4.69, 9.17) is 0 Å². The summed E-state index contributed by atoms with van der Waals surface area (Å²) in [6.45, 7) is 1.67. The van der Waals surface area contributed by atoms with Gasteiger partial charge < -0.3 is 9.13 Å². The first-order chi connectivity index (χ1) is 8.88. The molecule has 0 fully saturated rings. The summed E-state index contributed by atoms with van der Waals surface area (Å²) in [7, 11) is 0. The Morgan fingerprint density at radius 2 is 2.11 bits per heavy atom. The number of hydrogen-bond donors (Lipinski definition) is 0. The second kappa shape index (κ2) is 4.49. The molecule has 0 aliphatic heterocycles. The number of benzene rings is 1. The number of carbonyl (C=O) groups excluding carboxylic acids is 1. The Labute approximate surface area is 104 Å². The Kier molecular flexibility index (Phi) is 2.68. The third-order valence-corrected chi connectivity index (χ3v) is 3.10. The number of fused-ring (bicyclic) bond motifs is 1. The maximum atomic E-state index is 11.0. The highest BCUT2D eigenvalue weighted by molar-refractivity contribution is 5.97. The van der Waals surface area contributed by atoms with Crippen LogP contribution in [-0.4, -0.2) is 20.4 Å². The molecule has 4 heteroatoms. The van der Waals surface area contributed by atoms with E-state index in [0.717, 1.165) is 35.8 Å². The predicted molar refractivity (Wildman–Crippen MR) is 69.6 cm³/mol. The van der Waals surface area contributed by atoms with Gasteiger partial charge in [0, 0.05) is 48.1 Å². The monoisotopic (exact) mass is 239 g/mol. The van der Waals surface area contributed by atoms with Gasteiger partial charge in [0.1, 0.15) is 0 Å². The lowest BCUT2D eigenvalue weighted by Gasteiger charge is -2.05. The summed E-state index contributed by atoms with van der Waals surface area (Å²) in [5.41, 5.74) is 1.84. The van der Waals surface area contributed by atoms with Crippen molar-refractivity contribution in [2.75, 3.05) is 0 Å². The molecule has 0 atom stereocenters. The lowest BCUT2D eigenvalue weighted by Crippen LogP contribution is -2.04. The molecular weight excluding hydrogens is 226 g/mol. The summed E-state index contributed by atoms with van der Waals surface area (Å²) in [4.78, 5) is 15.1. The van der Waals surface area contributed by atoms with Crippen LogP contribution in [0.15, 0.2) is 49.2 Å². The number of carbonyl (C=O) groups is 1. The van der Waals surface area contributed by atoms with Gasteiger partial charge in [-0.3, -0.25) is 4.79 Å². The van der Waals surface area contributed by atoms with E-state index in [1.54, 1.807) is 12.5 Å². The van der Waals surface area contributed by atoms with E-state index in [-0.39, 0.29) is 0 Å². The first-order valence-electron chi connectivity index (χ1n) is 5.87. The van der Waals surface area contributed by atoms with Gasteiger partial charge in [0.15, 0.2) is 6.29 Å². The first-order valence-corrected chi connectivity index (χ1v) is 5.87. The zero-order valence-electron chi connectivity index (χ0n) is 9.86. The van der Waals surface area contributed by atoms with Crippen molar-refractivity contribution in [1.82, 2.24) is 14.1 Å². The standard InChI is InChI=1S/C14H13N3O/c18-10-12-9-17(8-7-16-6-5-15-11-16)14-4-2-1-3-13(12)14/h1-6,9-11H,7-8H2. The minimum absolute atomic E-state index is 0.747. The van der Waals surface area contributed by atoms with Crippen molar-refractivity contribution in [2.45, 2.75) is 13.1 Å². The van der Waals surface area contributed by atoms with E-state index in [1.165, 1.54) is 0 Å². The molecule has 0 saturated heterocycles. The number of aryl methyl sites for hydroxylation is 2. The summed E-state index contributed by atoms with van der Waals surface area (Å²) in [6, 6.07) is 7.96. The highest BCUT2D eigenvalue weighted by Crippen LogP contribution is 2.19. The number of rotatable bonds is 4. The van der Waals surface area contributed by atoms with Crippen LogP contribution in [0.2, 0.25) is 0 Å². The van der Waals surface area contributed by atoms with E-state index >= 15 is 0 Å². The van der Waals surface area contributed by atoms with Crippen molar-refractivity contribution in [2.24, 2.45) is 0 Å². The molecule has 0 saturated carbocycles. The molecule has 0 aliphatic rings. The maximum absolute atomic E-state index is 11.0. The number of aromatic nitrogens is 3. The maximum Gasteiger partial charge on any atom is 0.152 e. The number of para-hydroxylation sites is 1. The molecule has 1 aromatic carbocycles. The Morgan fingerprint density at radius 3 is 2.89 bits per heavy atom. The highest BCUT2D eigenvalue weighted by atomic mass is 16.1. The number of imidazole rings is 1. The van der Waals surface area contributed by atoms with Crippen molar-refractivity contribution in [1.29, 1.82) is 0 Å². The average Bonchev–Trinajstić information content (AvgIpc) is 3.04. The predicted octanol–water partition coefficient (Wildman–Crippen LogP) is 2.35. The molecule has 0 spiro atoms. The van der Waals surface area contributed by atoms with Gasteiger partial charge in [-0.25, -0.2) is 4.98 Å². The fourth-order valence-electron chi connectivity index (χ4n) is 2.20. The Morgan fingerprint density at radius 1 is 1.22 bits per heavy atom. The second-order valence-corrected chi connectivity index (χ2v) is 4.21. The van der Waals surface area contributed by atoms with Gasteiger partial charge >= 0.3 is 0 Å². The minimum atomic E-state index is 0.747. The number of aldehydes is 1. The summed E-state index contributed by atoms with van der Waals surface area (Å²) in [5, 5.41) is 1.01. The zero-order chi connectivity index (χ0) is 12.4. The van der Waals surface area contributed by atoms with Crippen LogP contribution in [0, 0.1) is 0 Å². The molecule has 2 aromatic heterocycles. The molecule has 0 N–H and O–H groups in total. The normalized spacial score (nSPS) is 10.9. The molecular formula is C14H13N3O.